The van der Waals surface area contributed by atoms with E-state index < -0.39 is 29.5 Å². The summed E-state index contributed by atoms with van der Waals surface area (Å²) >= 11 is 3.38. The summed E-state index contributed by atoms with van der Waals surface area (Å²) in [5.41, 5.74) is 6.26. The van der Waals surface area contributed by atoms with E-state index in [1.165, 1.54) is 36.1 Å². The van der Waals surface area contributed by atoms with Gasteiger partial charge in [0.1, 0.15) is 35.6 Å². The Kier molecular flexibility index (Phi) is 7.27. The van der Waals surface area contributed by atoms with Crippen LogP contribution in [0.1, 0.15) is 16.2 Å². The maximum Gasteiger partial charge on any atom is 0.352 e. The highest BCUT2D eigenvalue weighted by molar-refractivity contribution is 8.14. The topological polar surface area (TPSA) is 181 Å². The molecule has 2 aliphatic heterocycles. The summed E-state index contributed by atoms with van der Waals surface area (Å²) in [7, 11) is 1.30. The molecule has 4 heterocycles. The van der Waals surface area contributed by atoms with E-state index in [0.717, 1.165) is 23.1 Å². The number of furan rings is 1. The SMILES string of the molecule is CON=C(c1csc(N)n1)C(O)NC1C(=O)N2C(C(=O)O)=C(CSC(=O)c3ccco3)CSC12. The fraction of sp³-hybridized carbons (Fsp3) is 0.316. The van der Waals surface area contributed by atoms with Gasteiger partial charge in [-0.1, -0.05) is 16.9 Å². The highest BCUT2D eigenvalue weighted by Crippen LogP contribution is 2.41. The number of carbonyl (C=O) groups is 3. The van der Waals surface area contributed by atoms with E-state index in [9.17, 15) is 24.6 Å². The van der Waals surface area contributed by atoms with Crippen LogP contribution in [-0.4, -0.2) is 79.1 Å². The van der Waals surface area contributed by atoms with E-state index in [4.69, 9.17) is 15.0 Å². The van der Waals surface area contributed by atoms with Crippen LogP contribution in [0.4, 0.5) is 5.13 Å². The van der Waals surface area contributed by atoms with E-state index in [-0.39, 0.29) is 38.9 Å². The molecule has 0 aliphatic carbocycles. The molecule has 1 saturated heterocycles. The number of β-lactam (4-membered cyclic amide) rings is 1. The van der Waals surface area contributed by atoms with Crippen LogP contribution in [0.2, 0.25) is 0 Å². The summed E-state index contributed by atoms with van der Waals surface area (Å²) in [5.74, 6) is -1.23. The number of fused-ring (bicyclic) bond motifs is 1. The van der Waals surface area contributed by atoms with Crippen LogP contribution in [0.15, 0.2) is 44.6 Å². The van der Waals surface area contributed by atoms with E-state index in [1.807, 2.05) is 0 Å². The lowest BCUT2D eigenvalue weighted by Gasteiger charge is -2.50. The molecule has 3 unspecified atom stereocenters. The number of aliphatic hydroxyl groups excluding tert-OH is 1. The number of aliphatic carboxylic acids is 1. The van der Waals surface area contributed by atoms with Crippen LogP contribution < -0.4 is 11.1 Å². The number of nitrogens with two attached hydrogens (primary N) is 1. The molecule has 1 fully saturated rings. The quantitative estimate of drug-likeness (QED) is 0.156. The normalized spacial score (nSPS) is 21.2. The average molecular weight is 526 g/mol. The third-order valence-corrected chi connectivity index (χ3v) is 7.89. The van der Waals surface area contributed by atoms with Crippen molar-refractivity contribution in [3.8, 4) is 0 Å². The minimum Gasteiger partial charge on any atom is -0.477 e. The summed E-state index contributed by atoms with van der Waals surface area (Å²) in [6, 6.07) is 2.24. The lowest BCUT2D eigenvalue weighted by Crippen LogP contribution is -2.71. The Bertz CT molecular complexity index is 1160. The first kappa shape index (κ1) is 24.3. The number of anilines is 1. The van der Waals surface area contributed by atoms with Crippen LogP contribution in [-0.2, 0) is 14.4 Å². The maximum absolute atomic E-state index is 12.9. The number of nitrogens with zero attached hydrogens (tertiary/aromatic N) is 3. The molecule has 0 saturated carbocycles. The number of carboxylic acid groups (broad SMARTS) is 1. The van der Waals surface area contributed by atoms with Crippen molar-refractivity contribution >= 4 is 62.7 Å². The van der Waals surface area contributed by atoms with Crippen LogP contribution >= 0.6 is 34.9 Å². The second-order valence-corrected chi connectivity index (χ2v) is 9.94. The van der Waals surface area contributed by atoms with Crippen LogP contribution in [0.25, 0.3) is 0 Å². The van der Waals surface area contributed by atoms with Gasteiger partial charge in [-0.3, -0.25) is 19.8 Å². The number of amides is 1. The van der Waals surface area contributed by atoms with Crippen molar-refractivity contribution in [1.29, 1.82) is 0 Å². The van der Waals surface area contributed by atoms with Gasteiger partial charge in [0.25, 0.3) is 5.12 Å². The van der Waals surface area contributed by atoms with Gasteiger partial charge >= 0.3 is 5.97 Å². The Morgan fingerprint density at radius 2 is 2.32 bits per heavy atom. The van der Waals surface area contributed by atoms with Crippen molar-refractivity contribution in [2.24, 2.45) is 5.16 Å². The molecular formula is C19H19N5O7S3. The lowest BCUT2D eigenvalue weighted by molar-refractivity contribution is -0.150. The van der Waals surface area contributed by atoms with Crippen molar-refractivity contribution in [2.45, 2.75) is 17.6 Å². The predicted octanol–water partition coefficient (Wildman–Crippen LogP) is 0.773. The van der Waals surface area contributed by atoms with E-state index >= 15 is 0 Å². The minimum atomic E-state index is -1.42. The molecule has 0 aromatic carbocycles. The number of aliphatic hydroxyl groups is 1. The van der Waals surface area contributed by atoms with Gasteiger partial charge in [0, 0.05) is 16.9 Å². The molecule has 2 aliphatic rings. The van der Waals surface area contributed by atoms with Gasteiger partial charge in [0.05, 0.1) is 6.26 Å². The molecule has 2 aromatic heterocycles. The first-order chi connectivity index (χ1) is 16.3. The van der Waals surface area contributed by atoms with Crippen molar-refractivity contribution < 1.29 is 33.9 Å². The largest absolute Gasteiger partial charge is 0.477 e. The first-order valence-corrected chi connectivity index (χ1v) is 12.6. The Hall–Kier alpha value is -2.85. The van der Waals surface area contributed by atoms with E-state index in [2.05, 4.69) is 15.5 Å². The number of carboxylic acids is 1. The molecule has 3 atom stereocenters. The molecule has 34 heavy (non-hydrogen) atoms. The number of hydrogen-bond donors (Lipinski definition) is 4. The Morgan fingerprint density at radius 1 is 1.53 bits per heavy atom. The zero-order valence-electron chi connectivity index (χ0n) is 17.5. The number of nitrogen functional groups attached to an aromatic ring is 1. The Balaban J connectivity index is 1.47. The van der Waals surface area contributed by atoms with Crippen molar-refractivity contribution in [3.63, 3.8) is 0 Å². The zero-order valence-corrected chi connectivity index (χ0v) is 20.0. The number of carbonyl (C=O) groups excluding carboxylic acids is 2. The average Bonchev–Trinajstić information content (AvgIpc) is 3.50. The van der Waals surface area contributed by atoms with Gasteiger partial charge in [-0.25, -0.2) is 9.78 Å². The monoisotopic (exact) mass is 525 g/mol. The molecule has 0 radical (unpaired) electrons. The second kappa shape index (κ2) is 10.2. The highest BCUT2D eigenvalue weighted by Gasteiger charge is 2.54. The van der Waals surface area contributed by atoms with Crippen LogP contribution in [0.3, 0.4) is 0 Å². The number of thiazole rings is 1. The van der Waals surface area contributed by atoms with Gasteiger partial charge in [-0.15, -0.1) is 23.1 Å². The van der Waals surface area contributed by atoms with Gasteiger partial charge in [-0.05, 0) is 17.7 Å². The molecule has 15 heteroatoms. The van der Waals surface area contributed by atoms with Crippen molar-refractivity contribution in [3.05, 3.63) is 46.5 Å². The maximum atomic E-state index is 12.9. The van der Waals surface area contributed by atoms with Crippen molar-refractivity contribution in [2.75, 3.05) is 24.3 Å². The summed E-state index contributed by atoms with van der Waals surface area (Å²) < 4.78 is 5.06. The van der Waals surface area contributed by atoms with Crippen LogP contribution in [0, 0.1) is 0 Å². The molecule has 180 valence electrons. The predicted molar refractivity (Wildman–Crippen MR) is 126 cm³/mol. The Morgan fingerprint density at radius 3 is 2.94 bits per heavy atom. The summed E-state index contributed by atoms with van der Waals surface area (Å²) in [6.07, 6.45) is -0.0401. The molecule has 12 nitrogen and oxygen atoms in total. The minimum absolute atomic E-state index is 0.0324. The zero-order chi connectivity index (χ0) is 24.4. The summed E-state index contributed by atoms with van der Waals surface area (Å²) in [5, 5.41) is 27.9. The molecule has 1 amide bonds. The molecule has 2 aromatic rings. The molecule has 4 rings (SSSR count). The van der Waals surface area contributed by atoms with Gasteiger partial charge in [0.15, 0.2) is 17.1 Å². The van der Waals surface area contributed by atoms with Gasteiger partial charge in [-0.2, -0.15) is 0 Å². The fourth-order valence-corrected chi connectivity index (χ4v) is 6.27. The molecule has 5 N–H and O–H groups in total. The number of nitrogens with one attached hydrogen (secondary N) is 1. The number of thioether (sulfide) groups is 2. The summed E-state index contributed by atoms with van der Waals surface area (Å²) in [4.78, 5) is 47.1. The third kappa shape index (κ3) is 4.69. The second-order valence-electron chi connectivity index (χ2n) is 7.00. The lowest BCUT2D eigenvalue weighted by atomic mass is 10.0. The Labute approximate surface area is 205 Å². The molecule has 0 bridgehead atoms. The summed E-state index contributed by atoms with van der Waals surface area (Å²) in [6.45, 7) is 0. The first-order valence-electron chi connectivity index (χ1n) is 9.69. The molecule has 0 spiro atoms. The van der Waals surface area contributed by atoms with Gasteiger partial charge < -0.3 is 25.2 Å². The number of aromatic nitrogens is 1. The fourth-order valence-electron chi connectivity index (χ4n) is 3.42. The number of hydrogen-bond acceptors (Lipinski definition) is 13. The van der Waals surface area contributed by atoms with Gasteiger partial charge in [0.2, 0.25) is 5.91 Å². The van der Waals surface area contributed by atoms with Crippen molar-refractivity contribution in [1.82, 2.24) is 15.2 Å². The van der Waals surface area contributed by atoms with E-state index in [1.54, 1.807) is 11.4 Å². The third-order valence-electron chi connectivity index (χ3n) is 4.92. The highest BCUT2D eigenvalue weighted by atomic mass is 32.2. The smallest absolute Gasteiger partial charge is 0.352 e. The van der Waals surface area contributed by atoms with Crippen LogP contribution in [0.5, 0.6) is 0 Å². The standard InChI is InChI=1S/C19H19N5O7S3/c1-30-23-11(9-7-34-19(20)21-9)14(25)22-12-15(26)24-13(17(27)28)8(5-32-16(12)24)6-33-18(29)10-3-2-4-31-10/h2-4,7,12,14,16,22,25H,5-6H2,1H3,(H2,20,21)(H,27,28). The molecular weight excluding hydrogens is 506 g/mol. The van der Waals surface area contributed by atoms with E-state index in [0.29, 0.717) is 11.3 Å². The number of oxime groups is 1. The number of rotatable bonds is 9.